The van der Waals surface area contributed by atoms with E-state index in [0.29, 0.717) is 0 Å². The summed E-state index contributed by atoms with van der Waals surface area (Å²) in [4.78, 5) is 13.3. The molecule has 1 aromatic rings. The molecule has 0 heterocycles. The van der Waals surface area contributed by atoms with Crippen LogP contribution in [0.5, 0.6) is 0 Å². The molecule has 4 nitrogen and oxygen atoms in total. The molecule has 0 N–H and O–H groups in total. The van der Waals surface area contributed by atoms with Gasteiger partial charge >= 0.3 is 0 Å². The standard InChI is InChI=1S/C7H3BrFN3O/c8-6-4(7(13)11-12-10)2-1-3-5(6)9/h1-3H. The average Bonchev–Trinajstić information content (AvgIpc) is 2.10. The van der Waals surface area contributed by atoms with E-state index in [1.807, 2.05) is 0 Å². The molecule has 0 saturated carbocycles. The van der Waals surface area contributed by atoms with Crippen LogP contribution >= 0.6 is 15.9 Å². The second-order valence-corrected chi connectivity index (χ2v) is 2.89. The fraction of sp³-hybridized carbons (Fsp3) is 0. The van der Waals surface area contributed by atoms with Crippen molar-refractivity contribution in [2.45, 2.75) is 0 Å². The van der Waals surface area contributed by atoms with Crippen molar-refractivity contribution in [1.82, 2.24) is 0 Å². The second-order valence-electron chi connectivity index (χ2n) is 2.10. The summed E-state index contributed by atoms with van der Waals surface area (Å²) in [5.41, 5.74) is 8.00. The molecule has 0 bridgehead atoms. The molecule has 0 fully saturated rings. The fourth-order valence-corrected chi connectivity index (χ4v) is 1.20. The van der Waals surface area contributed by atoms with Gasteiger partial charge in [-0.15, -0.1) is 0 Å². The average molecular weight is 244 g/mol. The van der Waals surface area contributed by atoms with E-state index in [0.717, 1.165) is 0 Å². The second kappa shape index (κ2) is 4.02. The molecule has 13 heavy (non-hydrogen) atoms. The van der Waals surface area contributed by atoms with E-state index in [4.69, 9.17) is 5.53 Å². The van der Waals surface area contributed by atoms with Crippen molar-refractivity contribution < 1.29 is 9.18 Å². The van der Waals surface area contributed by atoms with Crippen LogP contribution in [-0.4, -0.2) is 5.91 Å². The van der Waals surface area contributed by atoms with Gasteiger partial charge < -0.3 is 0 Å². The third-order valence-electron chi connectivity index (χ3n) is 1.32. The normalized spacial score (nSPS) is 9.08. The summed E-state index contributed by atoms with van der Waals surface area (Å²) < 4.78 is 12.9. The van der Waals surface area contributed by atoms with E-state index in [2.05, 4.69) is 26.0 Å². The number of nitrogens with zero attached hydrogens (tertiary/aromatic N) is 3. The number of carbonyl (C=O) groups excluding carboxylic acids is 1. The maximum atomic E-state index is 12.8. The van der Waals surface area contributed by atoms with Crippen molar-refractivity contribution in [2.75, 3.05) is 0 Å². The number of amides is 1. The Labute approximate surface area is 81.1 Å². The molecular weight excluding hydrogens is 241 g/mol. The molecule has 0 atom stereocenters. The Morgan fingerprint density at radius 1 is 1.62 bits per heavy atom. The molecule has 0 saturated heterocycles. The maximum Gasteiger partial charge on any atom is 0.250 e. The van der Waals surface area contributed by atoms with Crippen LogP contribution < -0.4 is 0 Å². The first-order valence-corrected chi connectivity index (χ1v) is 3.99. The Bertz CT molecular complexity index is 401. The monoisotopic (exact) mass is 243 g/mol. The summed E-state index contributed by atoms with van der Waals surface area (Å²) >= 11 is 2.87. The van der Waals surface area contributed by atoms with E-state index < -0.39 is 11.7 Å². The van der Waals surface area contributed by atoms with Gasteiger partial charge in [0.05, 0.1) is 4.47 Å². The number of azide groups is 1. The van der Waals surface area contributed by atoms with Crippen LogP contribution in [0.25, 0.3) is 10.4 Å². The topological polar surface area (TPSA) is 65.8 Å². The highest BCUT2D eigenvalue weighted by molar-refractivity contribution is 9.10. The minimum absolute atomic E-state index is 0.00685. The van der Waals surface area contributed by atoms with E-state index in [1.165, 1.54) is 18.2 Å². The van der Waals surface area contributed by atoms with Gasteiger partial charge in [-0.3, -0.25) is 4.79 Å². The Balaban J connectivity index is 3.22. The smallest absolute Gasteiger partial charge is 0.250 e. The predicted molar refractivity (Wildman–Crippen MR) is 47.6 cm³/mol. The molecule has 0 aliphatic rings. The molecule has 0 aromatic heterocycles. The largest absolute Gasteiger partial charge is 0.287 e. The third-order valence-corrected chi connectivity index (χ3v) is 2.12. The fourth-order valence-electron chi connectivity index (χ4n) is 0.763. The van der Waals surface area contributed by atoms with Gasteiger partial charge in [-0.1, -0.05) is 6.07 Å². The Kier molecular flexibility index (Phi) is 3.00. The van der Waals surface area contributed by atoms with Crippen LogP contribution in [0.3, 0.4) is 0 Å². The lowest BCUT2D eigenvalue weighted by atomic mass is 10.2. The number of hydrogen-bond donors (Lipinski definition) is 0. The van der Waals surface area contributed by atoms with Crippen LogP contribution in [0.1, 0.15) is 10.4 Å². The Hall–Kier alpha value is -1.39. The quantitative estimate of drug-likeness (QED) is 0.425. The van der Waals surface area contributed by atoms with Crippen LogP contribution in [0.2, 0.25) is 0 Å². The summed E-state index contributed by atoms with van der Waals surface area (Å²) in [5.74, 6) is -1.38. The van der Waals surface area contributed by atoms with Crippen molar-refractivity contribution in [3.05, 3.63) is 44.5 Å². The lowest BCUT2D eigenvalue weighted by Crippen LogP contribution is -1.96. The predicted octanol–water partition coefficient (Wildman–Crippen LogP) is 3.04. The van der Waals surface area contributed by atoms with Crippen molar-refractivity contribution in [1.29, 1.82) is 0 Å². The van der Waals surface area contributed by atoms with Crippen molar-refractivity contribution >= 4 is 21.8 Å². The highest BCUT2D eigenvalue weighted by atomic mass is 79.9. The zero-order valence-corrected chi connectivity index (χ0v) is 7.82. The highest BCUT2D eigenvalue weighted by Crippen LogP contribution is 2.20. The summed E-state index contributed by atoms with van der Waals surface area (Å²) in [7, 11) is 0. The molecule has 66 valence electrons. The summed E-state index contributed by atoms with van der Waals surface area (Å²) in [6.45, 7) is 0. The molecule has 1 aromatic carbocycles. The van der Waals surface area contributed by atoms with Gasteiger partial charge in [0.1, 0.15) is 5.82 Å². The van der Waals surface area contributed by atoms with Crippen LogP contribution in [0.4, 0.5) is 4.39 Å². The van der Waals surface area contributed by atoms with E-state index in [1.54, 1.807) is 0 Å². The Morgan fingerprint density at radius 2 is 2.31 bits per heavy atom. The molecule has 0 aliphatic heterocycles. The molecule has 0 spiro atoms. The zero-order chi connectivity index (χ0) is 9.84. The van der Waals surface area contributed by atoms with Crippen LogP contribution in [0, 0.1) is 5.82 Å². The molecule has 0 unspecified atom stereocenters. The third kappa shape index (κ3) is 2.05. The van der Waals surface area contributed by atoms with Gasteiger partial charge in [0.15, 0.2) is 0 Å². The van der Waals surface area contributed by atoms with E-state index >= 15 is 0 Å². The number of benzene rings is 1. The molecule has 1 amide bonds. The minimum atomic E-state index is -0.811. The van der Waals surface area contributed by atoms with E-state index in [-0.39, 0.29) is 10.0 Å². The molecule has 1 rings (SSSR count). The number of halogens is 2. The highest BCUT2D eigenvalue weighted by Gasteiger charge is 2.10. The molecule has 6 heteroatoms. The van der Waals surface area contributed by atoms with Gasteiger partial charge in [0.2, 0.25) is 5.91 Å². The SMILES string of the molecule is [N-]=[N+]=NC(=O)c1cccc(F)c1Br. The number of rotatable bonds is 1. The number of carbonyl (C=O) groups is 1. The van der Waals surface area contributed by atoms with Gasteiger partial charge in [-0.05, 0) is 38.7 Å². The molecule has 0 radical (unpaired) electrons. The van der Waals surface area contributed by atoms with Crippen molar-refractivity contribution in [3.8, 4) is 0 Å². The van der Waals surface area contributed by atoms with Gasteiger partial charge in [0.25, 0.3) is 0 Å². The lowest BCUT2D eigenvalue weighted by molar-refractivity contribution is 0.0999. The van der Waals surface area contributed by atoms with Gasteiger partial charge in [0, 0.05) is 10.5 Å². The Morgan fingerprint density at radius 3 is 2.92 bits per heavy atom. The lowest BCUT2D eigenvalue weighted by Gasteiger charge is -1.98. The number of hydrogen-bond acceptors (Lipinski definition) is 1. The first kappa shape index (κ1) is 9.70. The zero-order valence-electron chi connectivity index (χ0n) is 6.24. The summed E-state index contributed by atoms with van der Waals surface area (Å²) in [5, 5.41) is 2.84. The minimum Gasteiger partial charge on any atom is -0.287 e. The van der Waals surface area contributed by atoms with Gasteiger partial charge in [-0.25, -0.2) is 4.39 Å². The maximum absolute atomic E-state index is 12.8. The summed E-state index contributed by atoms with van der Waals surface area (Å²) in [6.07, 6.45) is 0. The first-order valence-electron chi connectivity index (χ1n) is 3.20. The summed E-state index contributed by atoms with van der Waals surface area (Å²) in [6, 6.07) is 3.92. The first-order chi connectivity index (χ1) is 6.16. The molecular formula is C7H3BrFN3O. The van der Waals surface area contributed by atoms with Crippen LogP contribution in [0.15, 0.2) is 27.8 Å². The van der Waals surface area contributed by atoms with E-state index in [9.17, 15) is 9.18 Å². The molecule has 0 aliphatic carbocycles. The van der Waals surface area contributed by atoms with Crippen molar-refractivity contribution in [2.24, 2.45) is 5.11 Å². The van der Waals surface area contributed by atoms with Crippen LogP contribution in [-0.2, 0) is 0 Å². The van der Waals surface area contributed by atoms with Gasteiger partial charge in [-0.2, -0.15) is 0 Å². The van der Waals surface area contributed by atoms with Crippen molar-refractivity contribution in [3.63, 3.8) is 0 Å².